The van der Waals surface area contributed by atoms with E-state index in [-0.39, 0.29) is 6.10 Å². The summed E-state index contributed by atoms with van der Waals surface area (Å²) < 4.78 is 5.62. The Labute approximate surface area is 146 Å². The molecule has 1 heterocycles. The second-order valence-corrected chi connectivity index (χ2v) is 6.86. The Morgan fingerprint density at radius 2 is 2.00 bits per heavy atom. The van der Waals surface area contributed by atoms with Crippen LogP contribution >= 0.6 is 0 Å². The summed E-state index contributed by atoms with van der Waals surface area (Å²) in [5, 5.41) is 6.98. The first-order valence-electron chi connectivity index (χ1n) is 8.84. The highest BCUT2D eigenvalue weighted by atomic mass is 16.5. The van der Waals surface area contributed by atoms with E-state index in [1.165, 1.54) is 5.56 Å². The van der Waals surface area contributed by atoms with Gasteiger partial charge in [0, 0.05) is 45.9 Å². The van der Waals surface area contributed by atoms with Gasteiger partial charge in [0.1, 0.15) is 0 Å². The van der Waals surface area contributed by atoms with E-state index >= 15 is 0 Å². The van der Waals surface area contributed by atoms with Crippen LogP contribution in [0.25, 0.3) is 0 Å². The predicted octanol–water partition coefficient (Wildman–Crippen LogP) is 2.27. The molecule has 3 unspecified atom stereocenters. The number of hydrogen-bond donors (Lipinski definition) is 2. The van der Waals surface area contributed by atoms with E-state index in [9.17, 15) is 0 Å². The minimum atomic E-state index is 0.0120. The molecule has 134 valence electrons. The fourth-order valence-electron chi connectivity index (χ4n) is 3.18. The number of ether oxygens (including phenoxy) is 1. The van der Waals surface area contributed by atoms with Gasteiger partial charge in [0.25, 0.3) is 0 Å². The van der Waals surface area contributed by atoms with Crippen LogP contribution in [0.3, 0.4) is 0 Å². The number of benzene rings is 1. The first-order chi connectivity index (χ1) is 11.5. The van der Waals surface area contributed by atoms with Gasteiger partial charge in [0.2, 0.25) is 0 Å². The van der Waals surface area contributed by atoms with Crippen molar-refractivity contribution in [2.24, 2.45) is 10.9 Å². The average molecular weight is 332 g/mol. The van der Waals surface area contributed by atoms with Crippen LogP contribution in [0.1, 0.15) is 32.4 Å². The fourth-order valence-corrected chi connectivity index (χ4v) is 3.18. The molecule has 3 atom stereocenters. The number of nitrogens with zero attached hydrogens (tertiary/aromatic N) is 2. The van der Waals surface area contributed by atoms with Gasteiger partial charge in [0.05, 0.1) is 6.10 Å². The van der Waals surface area contributed by atoms with Crippen molar-refractivity contribution in [2.75, 3.05) is 33.8 Å². The van der Waals surface area contributed by atoms with E-state index in [0.29, 0.717) is 24.5 Å². The molecular weight excluding hydrogens is 300 g/mol. The molecule has 5 heteroatoms. The normalized spacial score (nSPS) is 23.5. The van der Waals surface area contributed by atoms with E-state index in [1.54, 1.807) is 7.11 Å². The molecule has 2 rings (SSSR count). The van der Waals surface area contributed by atoms with E-state index in [0.717, 1.165) is 19.0 Å². The lowest BCUT2D eigenvalue weighted by Crippen LogP contribution is -2.47. The van der Waals surface area contributed by atoms with Gasteiger partial charge in [-0.15, -0.1) is 0 Å². The van der Waals surface area contributed by atoms with Gasteiger partial charge in [-0.2, -0.15) is 0 Å². The highest BCUT2D eigenvalue weighted by Crippen LogP contribution is 2.19. The van der Waals surface area contributed by atoms with Crippen LogP contribution in [0.15, 0.2) is 35.3 Å². The molecule has 1 aliphatic heterocycles. The third-order valence-electron chi connectivity index (χ3n) is 4.83. The quantitative estimate of drug-likeness (QED) is 0.620. The molecule has 1 saturated heterocycles. The van der Waals surface area contributed by atoms with Crippen LogP contribution in [-0.2, 0) is 4.74 Å². The number of likely N-dealkylation sites (tertiary alicyclic amines) is 1. The van der Waals surface area contributed by atoms with E-state index in [2.05, 4.69) is 53.4 Å². The second kappa shape index (κ2) is 9.04. The summed E-state index contributed by atoms with van der Waals surface area (Å²) in [6.45, 7) is 9.70. The Kier molecular flexibility index (Phi) is 7.06. The molecule has 1 aliphatic rings. The molecule has 1 fully saturated rings. The molecule has 1 aromatic carbocycles. The summed E-state index contributed by atoms with van der Waals surface area (Å²) in [5.41, 5.74) is 1.17. The lowest BCUT2D eigenvalue weighted by Gasteiger charge is -2.23. The minimum Gasteiger partial charge on any atom is -0.375 e. The van der Waals surface area contributed by atoms with Crippen molar-refractivity contribution in [3.8, 4) is 0 Å². The molecule has 24 heavy (non-hydrogen) atoms. The van der Waals surface area contributed by atoms with Crippen LogP contribution in [0.5, 0.6) is 0 Å². The van der Waals surface area contributed by atoms with Crippen LogP contribution in [0, 0.1) is 5.92 Å². The molecule has 0 bridgehead atoms. The second-order valence-electron chi connectivity index (χ2n) is 6.86. The van der Waals surface area contributed by atoms with Gasteiger partial charge in [-0.05, 0) is 25.3 Å². The summed E-state index contributed by atoms with van der Waals surface area (Å²) in [4.78, 5) is 6.89. The molecule has 0 amide bonds. The Balaban J connectivity index is 1.88. The molecule has 0 saturated carbocycles. The summed E-state index contributed by atoms with van der Waals surface area (Å²) in [6, 6.07) is 11.3. The first kappa shape index (κ1) is 18.7. The van der Waals surface area contributed by atoms with Crippen molar-refractivity contribution in [1.29, 1.82) is 0 Å². The molecule has 0 aromatic heterocycles. The monoisotopic (exact) mass is 332 g/mol. The number of hydrogen-bond acceptors (Lipinski definition) is 3. The van der Waals surface area contributed by atoms with E-state index in [4.69, 9.17) is 4.74 Å². The van der Waals surface area contributed by atoms with Gasteiger partial charge < -0.3 is 15.4 Å². The Bertz CT molecular complexity index is 517. The number of nitrogens with one attached hydrogen (secondary N) is 2. The molecule has 2 N–H and O–H groups in total. The topological polar surface area (TPSA) is 48.9 Å². The van der Waals surface area contributed by atoms with Gasteiger partial charge in [-0.3, -0.25) is 9.89 Å². The number of aliphatic imine (C=N–C) groups is 1. The van der Waals surface area contributed by atoms with Crippen LogP contribution in [0.2, 0.25) is 0 Å². The summed E-state index contributed by atoms with van der Waals surface area (Å²) >= 11 is 0. The first-order valence-corrected chi connectivity index (χ1v) is 8.84. The maximum absolute atomic E-state index is 5.62. The Morgan fingerprint density at radius 3 is 2.54 bits per heavy atom. The molecule has 0 aliphatic carbocycles. The zero-order chi connectivity index (χ0) is 17.5. The van der Waals surface area contributed by atoms with Crippen LogP contribution in [-0.4, -0.2) is 56.7 Å². The average Bonchev–Trinajstić information content (AvgIpc) is 2.96. The standard InChI is InChI=1S/C19H32N4O/c1-14(2)23-12-15(3)17(13-23)22-19(20-4)21-11-18(24-5)16-9-7-6-8-10-16/h6-10,14-15,17-18H,11-13H2,1-5H3,(H2,20,21,22). The summed E-state index contributed by atoms with van der Waals surface area (Å²) in [5.74, 6) is 1.45. The molecular formula is C19H32N4O. The van der Waals surface area contributed by atoms with Crippen molar-refractivity contribution >= 4 is 5.96 Å². The Morgan fingerprint density at radius 1 is 1.29 bits per heavy atom. The van der Waals surface area contributed by atoms with Gasteiger partial charge in [-0.25, -0.2) is 0 Å². The maximum atomic E-state index is 5.62. The van der Waals surface area contributed by atoms with Gasteiger partial charge >= 0.3 is 0 Å². The van der Waals surface area contributed by atoms with Crippen LogP contribution < -0.4 is 10.6 Å². The lowest BCUT2D eigenvalue weighted by molar-refractivity contribution is 0.106. The fraction of sp³-hybridized carbons (Fsp3) is 0.632. The third kappa shape index (κ3) is 4.95. The number of methoxy groups -OCH3 is 1. The molecule has 1 aromatic rings. The predicted molar refractivity (Wildman–Crippen MR) is 100 cm³/mol. The molecule has 5 nitrogen and oxygen atoms in total. The third-order valence-corrected chi connectivity index (χ3v) is 4.83. The zero-order valence-corrected chi connectivity index (χ0v) is 15.6. The van der Waals surface area contributed by atoms with Crippen molar-refractivity contribution in [3.05, 3.63) is 35.9 Å². The van der Waals surface area contributed by atoms with Crippen LogP contribution in [0.4, 0.5) is 0 Å². The molecule has 0 spiro atoms. The van der Waals surface area contributed by atoms with E-state index in [1.807, 2.05) is 25.2 Å². The van der Waals surface area contributed by atoms with Gasteiger partial charge in [-0.1, -0.05) is 37.3 Å². The largest absolute Gasteiger partial charge is 0.375 e. The van der Waals surface area contributed by atoms with Crippen molar-refractivity contribution < 1.29 is 4.74 Å². The minimum absolute atomic E-state index is 0.0120. The Hall–Kier alpha value is -1.59. The highest BCUT2D eigenvalue weighted by Gasteiger charge is 2.31. The van der Waals surface area contributed by atoms with Crippen molar-refractivity contribution in [2.45, 2.75) is 39.0 Å². The highest BCUT2D eigenvalue weighted by molar-refractivity contribution is 5.80. The maximum Gasteiger partial charge on any atom is 0.191 e. The smallest absolute Gasteiger partial charge is 0.191 e. The summed E-state index contributed by atoms with van der Waals surface area (Å²) in [6.07, 6.45) is 0.0120. The zero-order valence-electron chi connectivity index (χ0n) is 15.6. The summed E-state index contributed by atoms with van der Waals surface area (Å²) in [7, 11) is 3.56. The van der Waals surface area contributed by atoms with E-state index < -0.39 is 0 Å². The number of guanidine groups is 1. The lowest BCUT2D eigenvalue weighted by atomic mass is 10.1. The molecule has 0 radical (unpaired) electrons. The number of rotatable bonds is 6. The van der Waals surface area contributed by atoms with Gasteiger partial charge in [0.15, 0.2) is 5.96 Å². The van der Waals surface area contributed by atoms with Crippen molar-refractivity contribution in [1.82, 2.24) is 15.5 Å². The van der Waals surface area contributed by atoms with Crippen molar-refractivity contribution in [3.63, 3.8) is 0 Å². The SMILES string of the molecule is CN=C(NCC(OC)c1ccccc1)NC1CN(C(C)C)CC1C.